The fourth-order valence-electron chi connectivity index (χ4n) is 2.15. The van der Waals surface area contributed by atoms with Crippen molar-refractivity contribution in [2.24, 2.45) is 0 Å². The Kier molecular flexibility index (Phi) is 3.90. The van der Waals surface area contributed by atoms with Crippen molar-refractivity contribution >= 4 is 11.5 Å². The number of anilines is 1. The first-order chi connectivity index (χ1) is 8.27. The van der Waals surface area contributed by atoms with Crippen LogP contribution in [-0.4, -0.2) is 23.0 Å². The van der Waals surface area contributed by atoms with Crippen molar-refractivity contribution in [1.29, 1.82) is 0 Å². The molecule has 0 N–H and O–H groups in total. The SMILES string of the molecule is O=[N+]([O-])c1ccc(N2CCCCCCC2)nc1. The van der Waals surface area contributed by atoms with Crippen LogP contribution in [0.15, 0.2) is 18.3 Å². The highest BCUT2D eigenvalue weighted by molar-refractivity contribution is 5.42. The largest absolute Gasteiger partial charge is 0.357 e. The molecule has 1 aliphatic heterocycles. The second-order valence-electron chi connectivity index (χ2n) is 4.39. The summed E-state index contributed by atoms with van der Waals surface area (Å²) >= 11 is 0. The smallest absolute Gasteiger partial charge is 0.287 e. The van der Waals surface area contributed by atoms with E-state index in [0.29, 0.717) is 0 Å². The number of nitrogens with zero attached hydrogens (tertiary/aromatic N) is 3. The van der Waals surface area contributed by atoms with Crippen molar-refractivity contribution in [3.8, 4) is 0 Å². The van der Waals surface area contributed by atoms with E-state index in [0.717, 1.165) is 18.9 Å². The van der Waals surface area contributed by atoms with Crippen molar-refractivity contribution in [2.75, 3.05) is 18.0 Å². The number of hydrogen-bond donors (Lipinski definition) is 0. The number of rotatable bonds is 2. The molecule has 0 spiro atoms. The van der Waals surface area contributed by atoms with E-state index in [4.69, 9.17) is 0 Å². The van der Waals surface area contributed by atoms with Gasteiger partial charge in [-0.2, -0.15) is 0 Å². The summed E-state index contributed by atoms with van der Waals surface area (Å²) < 4.78 is 0. The maximum Gasteiger partial charge on any atom is 0.287 e. The Morgan fingerprint density at radius 1 is 1.12 bits per heavy atom. The number of pyridine rings is 1. The van der Waals surface area contributed by atoms with Gasteiger partial charge < -0.3 is 4.90 Å². The summed E-state index contributed by atoms with van der Waals surface area (Å²) in [4.78, 5) is 16.5. The van der Waals surface area contributed by atoms with Gasteiger partial charge in [0, 0.05) is 19.2 Å². The first-order valence-corrected chi connectivity index (χ1v) is 6.13. The van der Waals surface area contributed by atoms with Gasteiger partial charge in [-0.15, -0.1) is 0 Å². The minimum Gasteiger partial charge on any atom is -0.357 e. The topological polar surface area (TPSA) is 59.3 Å². The fourth-order valence-corrected chi connectivity index (χ4v) is 2.15. The van der Waals surface area contributed by atoms with Crippen molar-refractivity contribution in [3.63, 3.8) is 0 Å². The Hall–Kier alpha value is -1.65. The molecular formula is C12H17N3O2. The Balaban J connectivity index is 2.06. The third-order valence-electron chi connectivity index (χ3n) is 3.12. The monoisotopic (exact) mass is 235 g/mol. The highest BCUT2D eigenvalue weighted by Crippen LogP contribution is 2.19. The van der Waals surface area contributed by atoms with Crippen LogP contribution in [0.3, 0.4) is 0 Å². The molecule has 1 aliphatic rings. The van der Waals surface area contributed by atoms with Gasteiger partial charge in [0.25, 0.3) is 5.69 Å². The molecule has 5 nitrogen and oxygen atoms in total. The van der Waals surface area contributed by atoms with Gasteiger partial charge >= 0.3 is 0 Å². The van der Waals surface area contributed by atoms with E-state index < -0.39 is 4.92 Å². The van der Waals surface area contributed by atoms with Crippen molar-refractivity contribution in [1.82, 2.24) is 4.98 Å². The first-order valence-electron chi connectivity index (χ1n) is 6.13. The Labute approximate surface area is 101 Å². The fraction of sp³-hybridized carbons (Fsp3) is 0.583. The van der Waals surface area contributed by atoms with Crippen LogP contribution in [0.4, 0.5) is 11.5 Å². The molecule has 2 rings (SSSR count). The molecule has 2 heterocycles. The molecule has 0 atom stereocenters. The summed E-state index contributed by atoms with van der Waals surface area (Å²) in [5.74, 6) is 0.859. The number of hydrogen-bond acceptors (Lipinski definition) is 4. The molecule has 0 aliphatic carbocycles. The lowest BCUT2D eigenvalue weighted by Crippen LogP contribution is -2.27. The van der Waals surface area contributed by atoms with Crippen molar-refractivity contribution in [2.45, 2.75) is 32.1 Å². The van der Waals surface area contributed by atoms with Crippen LogP contribution in [0.5, 0.6) is 0 Å². The van der Waals surface area contributed by atoms with Gasteiger partial charge in [0.2, 0.25) is 0 Å². The maximum absolute atomic E-state index is 10.5. The molecule has 92 valence electrons. The minimum atomic E-state index is -0.412. The van der Waals surface area contributed by atoms with E-state index in [2.05, 4.69) is 9.88 Å². The highest BCUT2D eigenvalue weighted by Gasteiger charge is 2.12. The predicted octanol–water partition coefficient (Wildman–Crippen LogP) is 2.76. The molecule has 0 amide bonds. The summed E-state index contributed by atoms with van der Waals surface area (Å²) in [6.45, 7) is 2.01. The molecule has 0 unspecified atom stereocenters. The standard InChI is InChI=1S/C12H17N3O2/c16-15(17)11-6-7-12(13-10-11)14-8-4-2-1-3-5-9-14/h6-7,10H,1-5,8-9H2. The third-order valence-corrected chi connectivity index (χ3v) is 3.12. The molecule has 17 heavy (non-hydrogen) atoms. The second kappa shape index (κ2) is 5.61. The first kappa shape index (κ1) is 11.8. The number of nitro groups is 1. The maximum atomic E-state index is 10.5. The molecule has 1 aromatic heterocycles. The van der Waals surface area contributed by atoms with Crippen LogP contribution in [0.25, 0.3) is 0 Å². The van der Waals surface area contributed by atoms with Crippen LogP contribution in [-0.2, 0) is 0 Å². The highest BCUT2D eigenvalue weighted by atomic mass is 16.6. The molecule has 0 saturated carbocycles. The van der Waals surface area contributed by atoms with Gasteiger partial charge in [-0.05, 0) is 18.9 Å². The van der Waals surface area contributed by atoms with Gasteiger partial charge in [0.1, 0.15) is 12.0 Å². The van der Waals surface area contributed by atoms with E-state index >= 15 is 0 Å². The van der Waals surface area contributed by atoms with E-state index in [1.165, 1.54) is 44.4 Å². The summed E-state index contributed by atoms with van der Waals surface area (Å²) in [5, 5.41) is 10.5. The van der Waals surface area contributed by atoms with E-state index in [1.54, 1.807) is 6.07 Å². The molecule has 1 saturated heterocycles. The lowest BCUT2D eigenvalue weighted by molar-refractivity contribution is -0.385. The van der Waals surface area contributed by atoms with Gasteiger partial charge in [0.15, 0.2) is 0 Å². The van der Waals surface area contributed by atoms with Crippen molar-refractivity contribution < 1.29 is 4.92 Å². The molecule has 0 radical (unpaired) electrons. The normalized spacial score (nSPS) is 17.3. The molecule has 5 heteroatoms. The van der Waals surface area contributed by atoms with Gasteiger partial charge in [-0.1, -0.05) is 19.3 Å². The third kappa shape index (κ3) is 3.15. The average molecular weight is 235 g/mol. The van der Waals surface area contributed by atoms with Gasteiger partial charge in [0.05, 0.1) is 4.92 Å². The van der Waals surface area contributed by atoms with E-state index in [-0.39, 0.29) is 5.69 Å². The average Bonchev–Trinajstić information content (AvgIpc) is 2.29. The zero-order chi connectivity index (χ0) is 12.1. The van der Waals surface area contributed by atoms with Gasteiger partial charge in [-0.3, -0.25) is 10.1 Å². The lowest BCUT2D eigenvalue weighted by Gasteiger charge is -2.25. The molecular weight excluding hydrogens is 218 g/mol. The number of aromatic nitrogens is 1. The van der Waals surface area contributed by atoms with Gasteiger partial charge in [-0.25, -0.2) is 4.98 Å². The molecule has 0 aromatic carbocycles. The minimum absolute atomic E-state index is 0.0563. The van der Waals surface area contributed by atoms with E-state index in [1.807, 2.05) is 0 Å². The van der Waals surface area contributed by atoms with Crippen LogP contribution >= 0.6 is 0 Å². The molecule has 1 fully saturated rings. The summed E-state index contributed by atoms with van der Waals surface area (Å²) in [6.07, 6.45) is 7.56. The van der Waals surface area contributed by atoms with E-state index in [9.17, 15) is 10.1 Å². The lowest BCUT2D eigenvalue weighted by atomic mass is 10.1. The summed E-state index contributed by atoms with van der Waals surface area (Å²) in [7, 11) is 0. The Morgan fingerprint density at radius 3 is 2.29 bits per heavy atom. The second-order valence-corrected chi connectivity index (χ2v) is 4.39. The zero-order valence-corrected chi connectivity index (χ0v) is 9.84. The summed E-state index contributed by atoms with van der Waals surface area (Å²) in [6, 6.07) is 3.28. The molecule has 0 bridgehead atoms. The Morgan fingerprint density at radius 2 is 1.76 bits per heavy atom. The van der Waals surface area contributed by atoms with Crippen LogP contribution in [0, 0.1) is 10.1 Å². The van der Waals surface area contributed by atoms with Crippen LogP contribution < -0.4 is 4.90 Å². The zero-order valence-electron chi connectivity index (χ0n) is 9.84. The summed E-state index contributed by atoms with van der Waals surface area (Å²) in [5.41, 5.74) is 0.0563. The Bertz CT molecular complexity index is 370. The van der Waals surface area contributed by atoms with Crippen LogP contribution in [0.1, 0.15) is 32.1 Å². The quantitative estimate of drug-likeness (QED) is 0.584. The predicted molar refractivity (Wildman–Crippen MR) is 66.2 cm³/mol. The molecule has 1 aromatic rings. The van der Waals surface area contributed by atoms with Crippen molar-refractivity contribution in [3.05, 3.63) is 28.4 Å². The van der Waals surface area contributed by atoms with Crippen LogP contribution in [0.2, 0.25) is 0 Å².